The van der Waals surface area contributed by atoms with Crippen LogP contribution in [0.3, 0.4) is 0 Å². The summed E-state index contributed by atoms with van der Waals surface area (Å²) in [6.07, 6.45) is -5.11. The number of fused-ring (bicyclic) bond motifs is 1. The normalized spacial score (nSPS) is 19.5. The van der Waals surface area contributed by atoms with Gasteiger partial charge in [0.05, 0.1) is 18.2 Å². The molecule has 0 bridgehead atoms. The number of rotatable bonds is 3. The molecule has 0 aliphatic carbocycles. The maximum absolute atomic E-state index is 13.5. The maximum atomic E-state index is 13.5. The molecule has 25 heavy (non-hydrogen) atoms. The highest BCUT2D eigenvalue weighted by molar-refractivity contribution is 7.97. The van der Waals surface area contributed by atoms with Crippen molar-refractivity contribution in [2.45, 2.75) is 16.6 Å². The van der Waals surface area contributed by atoms with Gasteiger partial charge < -0.3 is 14.9 Å². The molecule has 1 aliphatic rings. The molecule has 2 heterocycles. The molecular formula is C15H11F3N2O4S. The molecule has 0 spiro atoms. The third-order valence-electron chi connectivity index (χ3n) is 3.77. The SMILES string of the molecule is COc1ccccc1-c1cc2c(c(=O)o1)C(C(N)=O)(C(F)(F)F)NS2. The van der Waals surface area contributed by atoms with Crippen LogP contribution < -0.4 is 20.8 Å². The number of hydrogen-bond donors (Lipinski definition) is 2. The Kier molecular flexibility index (Phi) is 4.04. The van der Waals surface area contributed by atoms with Crippen LogP contribution in [0.4, 0.5) is 13.2 Å². The molecule has 0 radical (unpaired) electrons. The first-order chi connectivity index (χ1) is 11.7. The van der Waals surface area contributed by atoms with Crippen molar-refractivity contribution in [1.82, 2.24) is 4.72 Å². The zero-order valence-corrected chi connectivity index (χ0v) is 13.5. The van der Waals surface area contributed by atoms with Crippen LogP contribution in [0, 0.1) is 0 Å². The van der Waals surface area contributed by atoms with E-state index in [1.165, 1.54) is 13.2 Å². The highest BCUT2D eigenvalue weighted by atomic mass is 32.2. The third kappa shape index (κ3) is 2.48. The van der Waals surface area contributed by atoms with Gasteiger partial charge in [-0.25, -0.2) is 9.52 Å². The molecule has 1 amide bonds. The minimum Gasteiger partial charge on any atom is -0.496 e. The monoisotopic (exact) mass is 372 g/mol. The Hall–Kier alpha value is -2.46. The second kappa shape index (κ2) is 5.81. The third-order valence-corrected chi connectivity index (χ3v) is 4.72. The molecule has 3 rings (SSSR count). The van der Waals surface area contributed by atoms with Crippen LogP contribution in [0.5, 0.6) is 5.75 Å². The molecule has 0 saturated heterocycles. The summed E-state index contributed by atoms with van der Waals surface area (Å²) >= 11 is 0.495. The van der Waals surface area contributed by atoms with Crippen molar-refractivity contribution in [2.75, 3.05) is 7.11 Å². The number of primary amides is 1. The minimum absolute atomic E-state index is 0.0120. The van der Waals surface area contributed by atoms with Crippen molar-refractivity contribution in [3.8, 4) is 17.1 Å². The second-order valence-corrected chi connectivity index (χ2v) is 6.00. The number of hydrogen-bond acceptors (Lipinski definition) is 6. The average Bonchev–Trinajstić information content (AvgIpc) is 2.96. The summed E-state index contributed by atoms with van der Waals surface area (Å²) in [5.41, 5.74) is -0.117. The smallest absolute Gasteiger partial charge is 0.421 e. The zero-order valence-electron chi connectivity index (χ0n) is 12.6. The first-order valence-corrected chi connectivity index (χ1v) is 7.66. The lowest BCUT2D eigenvalue weighted by Crippen LogP contribution is -2.59. The topological polar surface area (TPSA) is 94.6 Å². The molecule has 1 aromatic heterocycles. The number of nitrogens with one attached hydrogen (secondary N) is 1. The number of benzene rings is 1. The van der Waals surface area contributed by atoms with Gasteiger partial charge in [-0.3, -0.25) is 4.79 Å². The van der Waals surface area contributed by atoms with Crippen molar-refractivity contribution in [1.29, 1.82) is 0 Å². The van der Waals surface area contributed by atoms with E-state index in [9.17, 15) is 22.8 Å². The highest BCUT2D eigenvalue weighted by Gasteiger charge is 2.66. The molecule has 1 aromatic carbocycles. The number of nitrogens with two attached hydrogens (primary N) is 1. The fourth-order valence-electron chi connectivity index (χ4n) is 2.57. The summed E-state index contributed by atoms with van der Waals surface area (Å²) in [5.74, 6) is -1.35. The van der Waals surface area contributed by atoms with Gasteiger partial charge in [-0.05, 0) is 30.1 Å². The lowest BCUT2D eigenvalue weighted by molar-refractivity contribution is -0.196. The van der Waals surface area contributed by atoms with Crippen molar-refractivity contribution in [3.05, 3.63) is 46.3 Å². The fourth-order valence-corrected chi connectivity index (χ4v) is 3.65. The van der Waals surface area contributed by atoms with Gasteiger partial charge in [0.2, 0.25) is 5.54 Å². The average molecular weight is 372 g/mol. The summed E-state index contributed by atoms with van der Waals surface area (Å²) in [6, 6.07) is 7.77. The number of ether oxygens (including phenoxy) is 1. The van der Waals surface area contributed by atoms with Crippen LogP contribution in [-0.4, -0.2) is 19.2 Å². The fraction of sp³-hybridized carbons (Fsp3) is 0.200. The summed E-state index contributed by atoms with van der Waals surface area (Å²) in [6.45, 7) is 0. The highest BCUT2D eigenvalue weighted by Crippen LogP contribution is 2.48. The van der Waals surface area contributed by atoms with Crippen molar-refractivity contribution in [3.63, 3.8) is 0 Å². The summed E-state index contributed by atoms with van der Waals surface area (Å²) in [4.78, 5) is 23.8. The number of carbonyl (C=O) groups excluding carboxylic acids is 1. The molecule has 10 heteroatoms. The predicted molar refractivity (Wildman–Crippen MR) is 82.9 cm³/mol. The van der Waals surface area contributed by atoms with Gasteiger partial charge >= 0.3 is 11.8 Å². The zero-order chi connectivity index (χ0) is 18.4. The van der Waals surface area contributed by atoms with Gasteiger partial charge in [0.1, 0.15) is 11.5 Å². The standard InChI is InChI=1S/C15H11F3N2O4S/c1-23-8-5-3-2-4-7(8)9-6-10-11(12(21)24-9)14(13(19)22,20-25-10)15(16,17)18/h2-6,20H,1H3,(H2,19,22). The molecule has 3 N–H and O–H groups in total. The molecule has 2 aromatic rings. The Morgan fingerprint density at radius 3 is 2.64 bits per heavy atom. The first kappa shape index (κ1) is 17.4. The van der Waals surface area contributed by atoms with E-state index >= 15 is 0 Å². The van der Waals surface area contributed by atoms with E-state index in [1.807, 2.05) is 4.72 Å². The maximum Gasteiger partial charge on any atom is 0.421 e. The molecule has 132 valence electrons. The van der Waals surface area contributed by atoms with Gasteiger partial charge in [0, 0.05) is 4.90 Å². The summed E-state index contributed by atoms with van der Waals surface area (Å²) in [5, 5.41) is 0. The largest absolute Gasteiger partial charge is 0.496 e. The van der Waals surface area contributed by atoms with E-state index in [0.29, 0.717) is 23.3 Å². The van der Waals surface area contributed by atoms with Crippen LogP contribution in [0.25, 0.3) is 11.3 Å². The van der Waals surface area contributed by atoms with Crippen LogP contribution in [0.1, 0.15) is 5.56 Å². The van der Waals surface area contributed by atoms with Gasteiger partial charge in [0.25, 0.3) is 5.91 Å². The van der Waals surface area contributed by atoms with Crippen molar-refractivity contribution < 1.29 is 27.1 Å². The number of methoxy groups -OCH3 is 1. The van der Waals surface area contributed by atoms with Gasteiger partial charge in [-0.1, -0.05) is 12.1 Å². The van der Waals surface area contributed by atoms with E-state index in [-0.39, 0.29) is 10.7 Å². The van der Waals surface area contributed by atoms with E-state index < -0.39 is 28.8 Å². The summed E-state index contributed by atoms with van der Waals surface area (Å²) < 4.78 is 52.6. The molecule has 1 unspecified atom stereocenters. The number of halogens is 3. The van der Waals surface area contributed by atoms with Crippen LogP contribution >= 0.6 is 11.9 Å². The minimum atomic E-state index is -5.11. The van der Waals surface area contributed by atoms with Crippen LogP contribution in [0.15, 0.2) is 44.4 Å². The number of amides is 1. The van der Waals surface area contributed by atoms with Crippen LogP contribution in [-0.2, 0) is 10.3 Å². The Balaban J connectivity index is 2.24. The number of para-hydroxylation sites is 1. The van der Waals surface area contributed by atoms with E-state index in [0.717, 1.165) is 0 Å². The van der Waals surface area contributed by atoms with E-state index in [4.69, 9.17) is 14.9 Å². The molecule has 1 aliphatic heterocycles. The Bertz CT molecular complexity index is 912. The summed E-state index contributed by atoms with van der Waals surface area (Å²) in [7, 11) is 1.41. The molecule has 1 atom stereocenters. The van der Waals surface area contributed by atoms with Crippen molar-refractivity contribution >= 4 is 17.9 Å². The van der Waals surface area contributed by atoms with Gasteiger partial charge in [-0.2, -0.15) is 13.2 Å². The predicted octanol–water partition coefficient (Wildman–Crippen LogP) is 2.17. The van der Waals surface area contributed by atoms with E-state index in [1.54, 1.807) is 24.3 Å². The second-order valence-electron chi connectivity index (χ2n) is 5.15. The Labute approximate surface area is 143 Å². The molecule has 0 saturated carbocycles. The van der Waals surface area contributed by atoms with Crippen molar-refractivity contribution in [2.24, 2.45) is 5.73 Å². The lowest BCUT2D eigenvalue weighted by Gasteiger charge is -2.27. The van der Waals surface area contributed by atoms with E-state index in [2.05, 4.69) is 0 Å². The first-order valence-electron chi connectivity index (χ1n) is 6.85. The molecule has 6 nitrogen and oxygen atoms in total. The Morgan fingerprint density at radius 2 is 2.04 bits per heavy atom. The number of carbonyl (C=O) groups is 1. The molecule has 0 fully saturated rings. The lowest BCUT2D eigenvalue weighted by atomic mass is 9.90. The number of alkyl halides is 3. The van der Waals surface area contributed by atoms with Gasteiger partial charge in [-0.15, -0.1) is 0 Å². The molecular weight excluding hydrogens is 361 g/mol. The quantitative estimate of drug-likeness (QED) is 0.802. The Morgan fingerprint density at radius 1 is 1.36 bits per heavy atom. The van der Waals surface area contributed by atoms with Gasteiger partial charge in [0.15, 0.2) is 0 Å². The van der Waals surface area contributed by atoms with Crippen LogP contribution in [0.2, 0.25) is 0 Å².